The number of carbonyl (C=O) groups excluding carboxylic acids is 1. The molecule has 1 rings (SSSR count). The van der Waals surface area contributed by atoms with Gasteiger partial charge in [0.1, 0.15) is 17.5 Å². The zero-order valence-electron chi connectivity index (χ0n) is 10.6. The fourth-order valence-electron chi connectivity index (χ4n) is 1.25. The maximum Gasteiger partial charge on any atom is 0.328 e. The molecule has 1 aromatic rings. The number of hydrogen-bond acceptors (Lipinski definition) is 3. The van der Waals surface area contributed by atoms with Crippen molar-refractivity contribution in [3.8, 4) is 0 Å². The Hall–Kier alpha value is -1.58. The smallest absolute Gasteiger partial charge is 0.328 e. The van der Waals surface area contributed by atoms with E-state index in [-0.39, 0.29) is 11.8 Å². The first-order chi connectivity index (χ1) is 7.78. The number of anilines is 1. The summed E-state index contributed by atoms with van der Waals surface area (Å²) in [6.07, 6.45) is 0. The van der Waals surface area contributed by atoms with Crippen molar-refractivity contribution in [1.82, 2.24) is 0 Å². The minimum absolute atomic E-state index is 0.305. The Morgan fingerprint density at radius 1 is 1.29 bits per heavy atom. The molecule has 0 aromatic heterocycles. The maximum absolute atomic E-state index is 12.7. The monoisotopic (exact) mass is 239 g/mol. The molecule has 0 bridgehead atoms. The molecule has 0 unspecified atom stereocenters. The highest BCUT2D eigenvalue weighted by molar-refractivity contribution is 5.79. The lowest BCUT2D eigenvalue weighted by atomic mass is 10.2. The Labute approximate surface area is 101 Å². The third-order valence-corrected chi connectivity index (χ3v) is 1.99. The number of nitrogens with one attached hydrogen (secondary N) is 1. The minimum atomic E-state index is -0.504. The fraction of sp³-hybridized carbons (Fsp3) is 0.462. The van der Waals surface area contributed by atoms with E-state index in [1.54, 1.807) is 19.1 Å². The summed E-state index contributed by atoms with van der Waals surface area (Å²) in [7, 11) is 0. The zero-order valence-corrected chi connectivity index (χ0v) is 10.6. The van der Waals surface area contributed by atoms with Crippen molar-refractivity contribution in [2.75, 3.05) is 5.32 Å². The molecule has 0 heterocycles. The van der Waals surface area contributed by atoms with E-state index in [1.807, 2.05) is 20.8 Å². The van der Waals surface area contributed by atoms with E-state index in [0.717, 1.165) is 0 Å². The quantitative estimate of drug-likeness (QED) is 0.824. The molecule has 0 saturated heterocycles. The molecular formula is C13H18FNO2. The number of hydrogen-bond donors (Lipinski definition) is 1. The molecule has 1 aromatic carbocycles. The van der Waals surface area contributed by atoms with Gasteiger partial charge in [0.2, 0.25) is 0 Å². The third kappa shape index (κ3) is 4.85. The van der Waals surface area contributed by atoms with Crippen molar-refractivity contribution >= 4 is 11.7 Å². The zero-order chi connectivity index (χ0) is 13.1. The van der Waals surface area contributed by atoms with Crippen molar-refractivity contribution in [3.63, 3.8) is 0 Å². The Morgan fingerprint density at radius 2 is 1.82 bits per heavy atom. The van der Waals surface area contributed by atoms with E-state index in [2.05, 4.69) is 5.32 Å². The first kappa shape index (κ1) is 13.5. The van der Waals surface area contributed by atoms with Gasteiger partial charge in [0.25, 0.3) is 0 Å². The van der Waals surface area contributed by atoms with Gasteiger partial charge in [0.05, 0.1) is 0 Å². The van der Waals surface area contributed by atoms with Gasteiger partial charge in [0.15, 0.2) is 0 Å². The molecular weight excluding hydrogens is 221 g/mol. The number of benzene rings is 1. The lowest BCUT2D eigenvalue weighted by Crippen LogP contribution is -2.34. The molecule has 1 atom stereocenters. The summed E-state index contributed by atoms with van der Waals surface area (Å²) in [4.78, 5) is 11.7. The average molecular weight is 239 g/mol. The Kier molecular flexibility index (Phi) is 4.10. The predicted octanol–water partition coefficient (Wildman–Crippen LogP) is 2.97. The van der Waals surface area contributed by atoms with Crippen molar-refractivity contribution in [2.24, 2.45) is 0 Å². The number of rotatable bonds is 3. The van der Waals surface area contributed by atoms with E-state index >= 15 is 0 Å². The second kappa shape index (κ2) is 5.17. The molecule has 0 radical (unpaired) electrons. The van der Waals surface area contributed by atoms with Gasteiger partial charge < -0.3 is 10.1 Å². The molecule has 0 aliphatic rings. The van der Waals surface area contributed by atoms with Crippen LogP contribution in [0.3, 0.4) is 0 Å². The summed E-state index contributed by atoms with van der Waals surface area (Å²) in [6.45, 7) is 7.15. The lowest BCUT2D eigenvalue weighted by molar-refractivity contribution is -0.155. The Morgan fingerprint density at radius 3 is 2.29 bits per heavy atom. The summed E-state index contributed by atoms with van der Waals surface area (Å²) in [5, 5.41) is 2.95. The predicted molar refractivity (Wildman–Crippen MR) is 65.3 cm³/mol. The van der Waals surface area contributed by atoms with E-state index in [0.29, 0.717) is 5.69 Å². The number of halogens is 1. The van der Waals surface area contributed by atoms with Crippen LogP contribution >= 0.6 is 0 Å². The molecule has 1 N–H and O–H groups in total. The van der Waals surface area contributed by atoms with E-state index in [1.165, 1.54) is 12.1 Å². The van der Waals surface area contributed by atoms with E-state index in [4.69, 9.17) is 4.74 Å². The van der Waals surface area contributed by atoms with Crippen LogP contribution in [0.25, 0.3) is 0 Å². The summed E-state index contributed by atoms with van der Waals surface area (Å²) >= 11 is 0. The van der Waals surface area contributed by atoms with Crippen molar-refractivity contribution in [1.29, 1.82) is 0 Å². The van der Waals surface area contributed by atoms with Gasteiger partial charge in [0, 0.05) is 5.69 Å². The van der Waals surface area contributed by atoms with Gasteiger partial charge in [-0.15, -0.1) is 0 Å². The standard InChI is InChI=1S/C13H18FNO2/c1-9(12(16)17-13(2,3)4)15-11-7-5-10(14)6-8-11/h5-9,15H,1-4H3/t9-/m1/s1. The van der Waals surface area contributed by atoms with Crippen molar-refractivity contribution in [2.45, 2.75) is 39.3 Å². The molecule has 3 nitrogen and oxygen atoms in total. The van der Waals surface area contributed by atoms with Crippen molar-refractivity contribution in [3.05, 3.63) is 30.1 Å². The van der Waals surface area contributed by atoms with Crippen LogP contribution in [0.1, 0.15) is 27.7 Å². The molecule has 0 aliphatic heterocycles. The molecule has 0 spiro atoms. The molecule has 4 heteroatoms. The van der Waals surface area contributed by atoms with Crippen LogP contribution in [0.5, 0.6) is 0 Å². The van der Waals surface area contributed by atoms with Crippen LogP contribution in [0.4, 0.5) is 10.1 Å². The van der Waals surface area contributed by atoms with Gasteiger partial charge in [-0.05, 0) is 52.0 Å². The molecule has 94 valence electrons. The van der Waals surface area contributed by atoms with Gasteiger partial charge >= 0.3 is 5.97 Å². The van der Waals surface area contributed by atoms with Crippen LogP contribution in [-0.4, -0.2) is 17.6 Å². The highest BCUT2D eigenvalue weighted by Gasteiger charge is 2.21. The number of carbonyl (C=O) groups is 1. The second-order valence-corrected chi connectivity index (χ2v) is 4.91. The largest absolute Gasteiger partial charge is 0.458 e. The van der Waals surface area contributed by atoms with Crippen LogP contribution in [0.2, 0.25) is 0 Å². The first-order valence-corrected chi connectivity index (χ1v) is 5.53. The summed E-state index contributed by atoms with van der Waals surface area (Å²) in [6, 6.07) is 5.36. The average Bonchev–Trinajstić information content (AvgIpc) is 2.19. The summed E-state index contributed by atoms with van der Waals surface area (Å²) in [5.41, 5.74) is 0.181. The third-order valence-electron chi connectivity index (χ3n) is 1.99. The summed E-state index contributed by atoms with van der Waals surface area (Å²) < 4.78 is 17.9. The highest BCUT2D eigenvalue weighted by atomic mass is 19.1. The Balaban J connectivity index is 2.57. The van der Waals surface area contributed by atoms with Crippen molar-refractivity contribution < 1.29 is 13.9 Å². The van der Waals surface area contributed by atoms with E-state index < -0.39 is 11.6 Å². The number of ether oxygens (including phenoxy) is 1. The van der Waals surface area contributed by atoms with Gasteiger partial charge in [-0.1, -0.05) is 0 Å². The topological polar surface area (TPSA) is 38.3 Å². The summed E-state index contributed by atoms with van der Waals surface area (Å²) in [5.74, 6) is -0.637. The first-order valence-electron chi connectivity index (χ1n) is 5.53. The van der Waals surface area contributed by atoms with Crippen LogP contribution < -0.4 is 5.32 Å². The molecule has 0 aliphatic carbocycles. The van der Waals surface area contributed by atoms with E-state index in [9.17, 15) is 9.18 Å². The highest BCUT2D eigenvalue weighted by Crippen LogP contribution is 2.13. The van der Waals surface area contributed by atoms with Crippen LogP contribution in [-0.2, 0) is 9.53 Å². The van der Waals surface area contributed by atoms with Crippen LogP contribution in [0.15, 0.2) is 24.3 Å². The minimum Gasteiger partial charge on any atom is -0.458 e. The maximum atomic E-state index is 12.7. The second-order valence-electron chi connectivity index (χ2n) is 4.91. The molecule has 0 fully saturated rings. The number of esters is 1. The van der Waals surface area contributed by atoms with Gasteiger partial charge in [-0.25, -0.2) is 9.18 Å². The Bertz CT molecular complexity index is 381. The normalized spacial score (nSPS) is 13.0. The molecule has 17 heavy (non-hydrogen) atoms. The van der Waals surface area contributed by atoms with Gasteiger partial charge in [-0.3, -0.25) is 0 Å². The fourth-order valence-corrected chi connectivity index (χ4v) is 1.25. The van der Waals surface area contributed by atoms with Crippen LogP contribution in [0, 0.1) is 5.82 Å². The lowest BCUT2D eigenvalue weighted by Gasteiger charge is -2.23. The van der Waals surface area contributed by atoms with Gasteiger partial charge in [-0.2, -0.15) is 0 Å². The SMILES string of the molecule is C[C@@H](Nc1ccc(F)cc1)C(=O)OC(C)(C)C. The molecule has 0 amide bonds. The molecule has 0 saturated carbocycles.